The second-order valence-corrected chi connectivity index (χ2v) is 7.89. The van der Waals surface area contributed by atoms with E-state index >= 15 is 0 Å². The van der Waals surface area contributed by atoms with Crippen molar-refractivity contribution < 1.29 is 23.5 Å². The fourth-order valence-corrected chi connectivity index (χ4v) is 3.54. The number of alkyl halides is 2. The molecule has 126 valence electrons. The molecule has 0 radical (unpaired) electrons. The largest absolute Gasteiger partial charge is 0.480 e. The summed E-state index contributed by atoms with van der Waals surface area (Å²) in [6, 6.07) is -1.88. The second-order valence-electron chi connectivity index (χ2n) is 7.89. The number of carboxylic acid groups (broad SMARTS) is 1. The molecule has 1 aliphatic heterocycles. The summed E-state index contributed by atoms with van der Waals surface area (Å²) in [5.41, 5.74) is 4.81. The van der Waals surface area contributed by atoms with Gasteiger partial charge in [0, 0.05) is 19.4 Å². The normalized spacial score (nSPS) is 28.1. The van der Waals surface area contributed by atoms with E-state index in [1.165, 1.54) is 4.90 Å². The number of piperidine rings is 1. The highest BCUT2D eigenvalue weighted by atomic mass is 19.3. The Morgan fingerprint density at radius 1 is 1.32 bits per heavy atom. The van der Waals surface area contributed by atoms with Crippen LogP contribution in [-0.2, 0) is 9.59 Å². The third-order valence-corrected chi connectivity index (χ3v) is 4.92. The molecule has 0 aromatic rings. The number of carbonyl (C=O) groups is 2. The van der Waals surface area contributed by atoms with Crippen molar-refractivity contribution in [1.29, 1.82) is 0 Å². The number of aliphatic carboxylic acids is 1. The van der Waals surface area contributed by atoms with Crippen molar-refractivity contribution in [3.05, 3.63) is 0 Å². The monoisotopic (exact) mass is 318 g/mol. The van der Waals surface area contributed by atoms with Gasteiger partial charge in [-0.2, -0.15) is 0 Å². The molecule has 7 heteroatoms. The van der Waals surface area contributed by atoms with Gasteiger partial charge in [0.2, 0.25) is 11.8 Å². The Labute approximate surface area is 128 Å². The van der Waals surface area contributed by atoms with E-state index in [-0.39, 0.29) is 25.8 Å². The molecule has 1 aliphatic carbocycles. The average Bonchev–Trinajstić information content (AvgIpc) is 2.33. The van der Waals surface area contributed by atoms with Crippen LogP contribution in [-0.4, -0.2) is 46.4 Å². The molecule has 0 aromatic carbocycles. The van der Waals surface area contributed by atoms with Crippen molar-refractivity contribution in [2.24, 2.45) is 16.6 Å². The number of halogens is 2. The molecular weight excluding hydrogens is 294 g/mol. The van der Waals surface area contributed by atoms with Gasteiger partial charge in [0.1, 0.15) is 6.04 Å². The molecule has 22 heavy (non-hydrogen) atoms. The maximum absolute atomic E-state index is 13.2. The highest BCUT2D eigenvalue weighted by molar-refractivity contribution is 5.87. The van der Waals surface area contributed by atoms with Gasteiger partial charge in [0.25, 0.3) is 0 Å². The fourth-order valence-electron chi connectivity index (χ4n) is 3.54. The zero-order valence-corrected chi connectivity index (χ0v) is 13.2. The summed E-state index contributed by atoms with van der Waals surface area (Å²) in [6.45, 7) is 5.60. The molecule has 1 saturated heterocycles. The lowest BCUT2D eigenvalue weighted by atomic mass is 9.59. The number of nitrogens with zero attached hydrogens (tertiary/aromatic N) is 1. The Balaban J connectivity index is 2.14. The Bertz CT molecular complexity index is 480. The number of rotatable bonds is 2. The standard InChI is InChI=1S/C15H24F2N2O3/c1-13(2,3)10(18)11(20)19-5-4-14(6-9(19)12(21)22)7-15(16,17)8-14/h9-10H,4-8,18H2,1-3H3,(H,21,22)/t9-,10+/m0/s1. The lowest BCUT2D eigenvalue weighted by Crippen LogP contribution is -2.62. The number of carbonyl (C=O) groups excluding carboxylic acids is 1. The molecule has 2 rings (SSSR count). The molecule has 3 N–H and O–H groups in total. The van der Waals surface area contributed by atoms with Crippen molar-refractivity contribution in [2.45, 2.75) is 64.5 Å². The second kappa shape index (κ2) is 5.15. The molecule has 2 fully saturated rings. The topological polar surface area (TPSA) is 83.6 Å². The SMILES string of the molecule is CC(C)(C)[C@H](N)C(=O)N1CCC2(C[C@H]1C(=O)O)CC(F)(F)C2. The molecule has 5 nitrogen and oxygen atoms in total. The van der Waals surface area contributed by atoms with E-state index in [4.69, 9.17) is 5.73 Å². The van der Waals surface area contributed by atoms with Crippen LogP contribution in [0.15, 0.2) is 0 Å². The van der Waals surface area contributed by atoms with Crippen LogP contribution < -0.4 is 5.73 Å². The van der Waals surface area contributed by atoms with Crippen LogP contribution in [0, 0.1) is 10.8 Å². The van der Waals surface area contributed by atoms with Crippen molar-refractivity contribution >= 4 is 11.9 Å². The van der Waals surface area contributed by atoms with Gasteiger partial charge in [-0.3, -0.25) is 4.79 Å². The summed E-state index contributed by atoms with van der Waals surface area (Å²) in [5, 5.41) is 9.40. The average molecular weight is 318 g/mol. The summed E-state index contributed by atoms with van der Waals surface area (Å²) >= 11 is 0. The van der Waals surface area contributed by atoms with Crippen LogP contribution in [0.3, 0.4) is 0 Å². The summed E-state index contributed by atoms with van der Waals surface area (Å²) in [5.74, 6) is -4.26. The van der Waals surface area contributed by atoms with Crippen LogP contribution in [0.2, 0.25) is 0 Å². The van der Waals surface area contributed by atoms with E-state index < -0.39 is 40.7 Å². The van der Waals surface area contributed by atoms with Gasteiger partial charge in [-0.15, -0.1) is 0 Å². The van der Waals surface area contributed by atoms with E-state index in [2.05, 4.69) is 0 Å². The third kappa shape index (κ3) is 3.09. The lowest BCUT2D eigenvalue weighted by molar-refractivity contribution is -0.193. The number of likely N-dealkylation sites (tertiary alicyclic amines) is 1. The maximum Gasteiger partial charge on any atom is 0.326 e. The zero-order chi connectivity index (χ0) is 16.9. The first-order valence-electron chi connectivity index (χ1n) is 7.54. The van der Waals surface area contributed by atoms with Crippen LogP contribution in [0.5, 0.6) is 0 Å². The van der Waals surface area contributed by atoms with E-state index in [1.54, 1.807) is 0 Å². The van der Waals surface area contributed by atoms with Gasteiger partial charge in [0.15, 0.2) is 0 Å². The highest BCUT2D eigenvalue weighted by Gasteiger charge is 2.59. The van der Waals surface area contributed by atoms with E-state index in [0.29, 0.717) is 6.42 Å². The van der Waals surface area contributed by atoms with Crippen molar-refractivity contribution in [2.75, 3.05) is 6.54 Å². The third-order valence-electron chi connectivity index (χ3n) is 4.92. The van der Waals surface area contributed by atoms with Gasteiger partial charge in [0.05, 0.1) is 6.04 Å². The Kier molecular flexibility index (Phi) is 4.00. The van der Waals surface area contributed by atoms with Crippen molar-refractivity contribution in [1.82, 2.24) is 4.90 Å². The molecule has 2 atom stereocenters. The molecule has 1 spiro atoms. The lowest BCUT2D eigenvalue weighted by Gasteiger charge is -2.54. The highest BCUT2D eigenvalue weighted by Crippen LogP contribution is 2.58. The maximum atomic E-state index is 13.2. The number of hydrogen-bond donors (Lipinski definition) is 2. The van der Waals surface area contributed by atoms with Crippen LogP contribution >= 0.6 is 0 Å². The first kappa shape index (κ1) is 17.1. The zero-order valence-electron chi connectivity index (χ0n) is 13.2. The Morgan fingerprint density at radius 2 is 1.86 bits per heavy atom. The molecule has 0 unspecified atom stereocenters. The number of hydrogen-bond acceptors (Lipinski definition) is 3. The summed E-state index contributed by atoms with van der Waals surface area (Å²) in [4.78, 5) is 25.3. The van der Waals surface area contributed by atoms with Crippen LogP contribution in [0.1, 0.15) is 46.5 Å². The smallest absolute Gasteiger partial charge is 0.326 e. The predicted molar refractivity (Wildman–Crippen MR) is 76.4 cm³/mol. The van der Waals surface area contributed by atoms with Crippen LogP contribution in [0.25, 0.3) is 0 Å². The van der Waals surface area contributed by atoms with E-state index in [1.807, 2.05) is 20.8 Å². The fraction of sp³-hybridized carbons (Fsp3) is 0.867. The van der Waals surface area contributed by atoms with Crippen molar-refractivity contribution in [3.63, 3.8) is 0 Å². The Morgan fingerprint density at radius 3 is 2.27 bits per heavy atom. The van der Waals surface area contributed by atoms with E-state index in [9.17, 15) is 23.5 Å². The molecule has 0 aromatic heterocycles. The minimum atomic E-state index is -2.70. The van der Waals surface area contributed by atoms with Crippen LogP contribution in [0.4, 0.5) is 8.78 Å². The molecule has 1 amide bonds. The molecular formula is C15H24F2N2O3. The minimum absolute atomic E-state index is 0.0839. The van der Waals surface area contributed by atoms with Gasteiger partial charge in [-0.05, 0) is 23.7 Å². The molecule has 2 aliphatic rings. The number of amides is 1. The van der Waals surface area contributed by atoms with E-state index in [0.717, 1.165) is 0 Å². The molecule has 0 bridgehead atoms. The van der Waals surface area contributed by atoms with Gasteiger partial charge in [-0.1, -0.05) is 20.8 Å². The minimum Gasteiger partial charge on any atom is -0.480 e. The van der Waals surface area contributed by atoms with Crippen molar-refractivity contribution in [3.8, 4) is 0 Å². The number of carboxylic acids is 1. The molecule has 1 saturated carbocycles. The predicted octanol–water partition coefficient (Wildman–Crippen LogP) is 1.85. The summed E-state index contributed by atoms with van der Waals surface area (Å²) < 4.78 is 26.4. The van der Waals surface area contributed by atoms with Gasteiger partial charge in [-0.25, -0.2) is 13.6 Å². The summed E-state index contributed by atoms with van der Waals surface area (Å²) in [6.07, 6.45) is -0.0657. The first-order valence-corrected chi connectivity index (χ1v) is 7.54. The summed E-state index contributed by atoms with van der Waals surface area (Å²) in [7, 11) is 0. The van der Waals surface area contributed by atoms with Gasteiger partial charge < -0.3 is 15.7 Å². The first-order chi connectivity index (χ1) is 9.87. The quantitative estimate of drug-likeness (QED) is 0.814. The Hall–Kier alpha value is -1.24. The molecule has 1 heterocycles. The van der Waals surface area contributed by atoms with Gasteiger partial charge >= 0.3 is 5.97 Å². The number of nitrogens with two attached hydrogens (primary N) is 1.